The van der Waals surface area contributed by atoms with Gasteiger partial charge in [0.05, 0.1) is 11.9 Å². The summed E-state index contributed by atoms with van der Waals surface area (Å²) in [6.07, 6.45) is -2.82. The predicted octanol–water partition coefficient (Wildman–Crippen LogP) is -2.18. The second kappa shape index (κ2) is 13.2. The Bertz CT molecular complexity index is 397. The monoisotopic (exact) mass is 412 g/mol. The Labute approximate surface area is 148 Å². The maximum Gasteiger partial charge on any atom is 0.230 e. The standard InChI is InChI=1S/C14H25BrN2O7/c15-6-12(22)16-5-3-1-2-4-11(21)17-9(7-18)13(23)14(24)10(20)8-19/h7,9-10,13-14,19-20,23-24H,1-6,8H2,(H,16,22)(H,17,21)/t9-,10+,13+,14+/m0/s1. The molecule has 0 unspecified atom stereocenters. The fourth-order valence-corrected chi connectivity index (χ4v) is 2.07. The molecular formula is C14H25BrN2O7. The van der Waals surface area contributed by atoms with Gasteiger partial charge in [0.15, 0.2) is 0 Å². The summed E-state index contributed by atoms with van der Waals surface area (Å²) in [6.45, 7) is -0.281. The molecule has 0 saturated carbocycles. The van der Waals surface area contributed by atoms with Crippen LogP contribution in [0.25, 0.3) is 0 Å². The summed E-state index contributed by atoms with van der Waals surface area (Å²) < 4.78 is 0. The number of aliphatic hydroxyl groups is 4. The zero-order chi connectivity index (χ0) is 18.5. The normalized spacial score (nSPS) is 15.9. The van der Waals surface area contributed by atoms with Crippen LogP contribution in [0.4, 0.5) is 0 Å². The number of amides is 2. The van der Waals surface area contributed by atoms with Gasteiger partial charge in [-0.2, -0.15) is 0 Å². The summed E-state index contributed by atoms with van der Waals surface area (Å²) in [5.74, 6) is -0.597. The van der Waals surface area contributed by atoms with Crippen LogP contribution >= 0.6 is 15.9 Å². The van der Waals surface area contributed by atoms with E-state index in [-0.39, 0.29) is 23.9 Å². The minimum absolute atomic E-state index is 0.112. The average Bonchev–Trinajstić information content (AvgIpc) is 2.60. The number of halogens is 1. The number of nitrogens with one attached hydrogen (secondary N) is 2. The zero-order valence-corrected chi connectivity index (χ0v) is 14.8. The molecule has 0 fully saturated rings. The summed E-state index contributed by atoms with van der Waals surface area (Å²) in [5.41, 5.74) is 0. The van der Waals surface area contributed by atoms with E-state index in [4.69, 9.17) is 5.11 Å². The first-order valence-electron chi connectivity index (χ1n) is 7.59. The van der Waals surface area contributed by atoms with Crippen LogP contribution in [0.3, 0.4) is 0 Å². The van der Waals surface area contributed by atoms with Gasteiger partial charge in [-0.3, -0.25) is 9.59 Å². The lowest BCUT2D eigenvalue weighted by Gasteiger charge is -2.26. The molecule has 9 nitrogen and oxygen atoms in total. The SMILES string of the molecule is O=C[C@H](NC(=O)CCCCCNC(=O)CBr)[C@@H](O)[C@H](O)[C@H](O)CO. The van der Waals surface area contributed by atoms with Gasteiger partial charge in [0.1, 0.15) is 30.6 Å². The molecule has 0 rings (SSSR count). The Hall–Kier alpha value is -1.07. The summed E-state index contributed by atoms with van der Waals surface area (Å²) in [4.78, 5) is 33.6. The molecule has 0 radical (unpaired) electrons. The lowest BCUT2D eigenvalue weighted by atomic mass is 10.0. The van der Waals surface area contributed by atoms with E-state index in [1.807, 2.05) is 0 Å². The van der Waals surface area contributed by atoms with Crippen molar-refractivity contribution in [1.29, 1.82) is 0 Å². The third-order valence-electron chi connectivity index (χ3n) is 3.30. The van der Waals surface area contributed by atoms with Crippen LogP contribution in [0.1, 0.15) is 25.7 Å². The smallest absolute Gasteiger partial charge is 0.230 e. The van der Waals surface area contributed by atoms with E-state index in [1.165, 1.54) is 0 Å². The Morgan fingerprint density at radius 1 is 1.04 bits per heavy atom. The molecule has 0 aliphatic carbocycles. The number of unbranched alkanes of at least 4 members (excludes halogenated alkanes) is 2. The van der Waals surface area contributed by atoms with E-state index >= 15 is 0 Å². The van der Waals surface area contributed by atoms with Crippen molar-refractivity contribution in [3.8, 4) is 0 Å². The lowest BCUT2D eigenvalue weighted by molar-refractivity contribution is -0.131. The summed E-state index contributed by atoms with van der Waals surface area (Å²) in [5, 5.41) is 42.4. The van der Waals surface area contributed by atoms with E-state index in [0.717, 1.165) is 0 Å². The molecule has 4 atom stereocenters. The van der Waals surface area contributed by atoms with Gasteiger partial charge in [-0.1, -0.05) is 22.4 Å². The number of carbonyl (C=O) groups excluding carboxylic acids is 3. The first kappa shape index (κ1) is 22.9. The highest BCUT2D eigenvalue weighted by molar-refractivity contribution is 9.09. The van der Waals surface area contributed by atoms with Crippen LogP contribution in [0, 0.1) is 0 Å². The van der Waals surface area contributed by atoms with E-state index in [1.54, 1.807) is 0 Å². The number of alkyl halides is 1. The minimum Gasteiger partial charge on any atom is -0.394 e. The van der Waals surface area contributed by atoms with Crippen molar-refractivity contribution in [2.75, 3.05) is 18.5 Å². The number of aliphatic hydroxyl groups excluding tert-OH is 4. The third kappa shape index (κ3) is 9.28. The van der Waals surface area contributed by atoms with Crippen molar-refractivity contribution >= 4 is 34.0 Å². The Morgan fingerprint density at radius 2 is 1.71 bits per heavy atom. The molecule has 0 aliphatic heterocycles. The molecule has 2 amide bonds. The second-order valence-electron chi connectivity index (χ2n) is 5.25. The van der Waals surface area contributed by atoms with Gasteiger partial charge >= 0.3 is 0 Å². The fraction of sp³-hybridized carbons (Fsp3) is 0.786. The van der Waals surface area contributed by atoms with Crippen LogP contribution in [-0.2, 0) is 14.4 Å². The van der Waals surface area contributed by atoms with Crippen molar-refractivity contribution in [3.63, 3.8) is 0 Å². The van der Waals surface area contributed by atoms with E-state index in [2.05, 4.69) is 26.6 Å². The van der Waals surface area contributed by atoms with E-state index in [9.17, 15) is 29.7 Å². The fourth-order valence-electron chi connectivity index (χ4n) is 1.87. The largest absolute Gasteiger partial charge is 0.394 e. The number of hydrogen-bond acceptors (Lipinski definition) is 7. The Balaban J connectivity index is 4.06. The molecule has 10 heteroatoms. The van der Waals surface area contributed by atoms with Crippen molar-refractivity contribution in [2.24, 2.45) is 0 Å². The van der Waals surface area contributed by atoms with E-state index < -0.39 is 36.9 Å². The topological polar surface area (TPSA) is 156 Å². The van der Waals surface area contributed by atoms with Crippen LogP contribution in [-0.4, -0.2) is 81.4 Å². The van der Waals surface area contributed by atoms with Crippen LogP contribution in [0.5, 0.6) is 0 Å². The maximum atomic E-state index is 11.7. The predicted molar refractivity (Wildman–Crippen MR) is 88.4 cm³/mol. The highest BCUT2D eigenvalue weighted by atomic mass is 79.9. The summed E-state index contributed by atoms with van der Waals surface area (Å²) >= 11 is 3.02. The molecule has 6 N–H and O–H groups in total. The maximum absolute atomic E-state index is 11.7. The van der Waals surface area contributed by atoms with Crippen molar-refractivity contribution < 1.29 is 34.8 Å². The molecule has 0 aromatic heterocycles. The Kier molecular flexibility index (Phi) is 12.7. The molecule has 0 aliphatic rings. The van der Waals surface area contributed by atoms with Crippen LogP contribution in [0.2, 0.25) is 0 Å². The number of aldehydes is 1. The highest BCUT2D eigenvalue weighted by Crippen LogP contribution is 2.05. The average molecular weight is 413 g/mol. The van der Waals surface area contributed by atoms with Gasteiger partial charge < -0.3 is 35.9 Å². The minimum atomic E-state index is -1.76. The van der Waals surface area contributed by atoms with Gasteiger partial charge in [0.25, 0.3) is 0 Å². The quantitative estimate of drug-likeness (QED) is 0.114. The Morgan fingerprint density at radius 3 is 2.25 bits per heavy atom. The molecular weight excluding hydrogens is 388 g/mol. The first-order chi connectivity index (χ1) is 11.4. The number of rotatable bonds is 13. The van der Waals surface area contributed by atoms with Gasteiger partial charge in [-0.15, -0.1) is 0 Å². The molecule has 0 saturated heterocycles. The first-order valence-corrected chi connectivity index (χ1v) is 8.71. The molecule has 0 aromatic rings. The van der Waals surface area contributed by atoms with Crippen molar-refractivity contribution in [3.05, 3.63) is 0 Å². The molecule has 0 bridgehead atoms. The molecule has 24 heavy (non-hydrogen) atoms. The number of carbonyl (C=O) groups is 3. The summed E-state index contributed by atoms with van der Waals surface area (Å²) in [7, 11) is 0. The second-order valence-corrected chi connectivity index (χ2v) is 5.82. The van der Waals surface area contributed by atoms with Crippen LogP contribution < -0.4 is 10.6 Å². The van der Waals surface area contributed by atoms with Gasteiger partial charge in [-0.05, 0) is 12.8 Å². The van der Waals surface area contributed by atoms with Gasteiger partial charge in [0, 0.05) is 13.0 Å². The highest BCUT2D eigenvalue weighted by Gasteiger charge is 2.31. The molecule has 140 valence electrons. The van der Waals surface area contributed by atoms with Crippen molar-refractivity contribution in [2.45, 2.75) is 50.0 Å². The molecule has 0 heterocycles. The number of hydrogen-bond donors (Lipinski definition) is 6. The van der Waals surface area contributed by atoms with Crippen LogP contribution in [0.15, 0.2) is 0 Å². The van der Waals surface area contributed by atoms with Crippen molar-refractivity contribution in [1.82, 2.24) is 10.6 Å². The summed E-state index contributed by atoms with van der Waals surface area (Å²) in [6, 6.07) is -1.38. The third-order valence-corrected chi connectivity index (χ3v) is 3.81. The van der Waals surface area contributed by atoms with Gasteiger partial charge in [-0.25, -0.2) is 0 Å². The zero-order valence-electron chi connectivity index (χ0n) is 13.2. The molecule has 0 spiro atoms. The molecule has 0 aromatic carbocycles. The van der Waals surface area contributed by atoms with E-state index in [0.29, 0.717) is 25.8 Å². The lowest BCUT2D eigenvalue weighted by Crippen LogP contribution is -2.53. The van der Waals surface area contributed by atoms with Gasteiger partial charge in [0.2, 0.25) is 11.8 Å².